The number of aliphatic hydroxyl groups excluding tert-OH is 2. The van der Waals surface area contributed by atoms with Crippen molar-refractivity contribution in [2.24, 2.45) is 5.73 Å². The smallest absolute Gasteiger partial charge is 0.330 e. The number of carbonyl (C=O) groups excluding carboxylic acids is 4. The van der Waals surface area contributed by atoms with Crippen molar-refractivity contribution in [3.63, 3.8) is 0 Å². The van der Waals surface area contributed by atoms with Gasteiger partial charge in [0.1, 0.15) is 30.5 Å². The number of aromatic nitrogens is 2. The summed E-state index contributed by atoms with van der Waals surface area (Å²) in [5, 5.41) is 26.7. The van der Waals surface area contributed by atoms with E-state index in [2.05, 4.69) is 22.5 Å². The molecule has 57 heavy (non-hydrogen) atoms. The van der Waals surface area contributed by atoms with E-state index in [0.717, 1.165) is 55.0 Å². The van der Waals surface area contributed by atoms with E-state index in [1.165, 1.54) is 58.5 Å². The van der Waals surface area contributed by atoms with E-state index < -0.39 is 90.0 Å². The number of aliphatic hydroxyl groups is 2. The Morgan fingerprint density at radius 2 is 1.61 bits per heavy atom. The van der Waals surface area contributed by atoms with Gasteiger partial charge < -0.3 is 50.3 Å². The summed E-state index contributed by atoms with van der Waals surface area (Å²) in [7, 11) is 1.24. The summed E-state index contributed by atoms with van der Waals surface area (Å²) in [4.78, 5) is 78.7. The zero-order valence-electron chi connectivity index (χ0n) is 33.1. The summed E-state index contributed by atoms with van der Waals surface area (Å²) in [6, 6.07) is 0.178. The van der Waals surface area contributed by atoms with Crippen LogP contribution in [-0.2, 0) is 42.9 Å². The molecule has 3 amide bonds. The molecule has 0 spiro atoms. The average molecular weight is 808 g/mol. The van der Waals surface area contributed by atoms with Gasteiger partial charge in [-0.1, -0.05) is 84.0 Å². The van der Waals surface area contributed by atoms with Gasteiger partial charge in [-0.25, -0.2) is 4.79 Å². The third kappa shape index (κ3) is 13.5. The quantitative estimate of drug-likeness (QED) is 0.0677. The number of unbranched alkanes of at least 4 members (excludes halogenated alkanes) is 12. The van der Waals surface area contributed by atoms with Gasteiger partial charge in [0.05, 0.1) is 0 Å². The minimum atomic E-state index is -1.88. The number of methoxy groups -OCH3 is 1. The Kier molecular flexibility index (Phi) is 18.7. The molecule has 7 N–H and O–H groups in total. The molecule has 0 unspecified atom stereocenters. The molecular weight excluding hydrogens is 746 g/mol. The summed E-state index contributed by atoms with van der Waals surface area (Å²) in [5.41, 5.74) is 4.16. The molecule has 3 aliphatic rings. The molecule has 4 heterocycles. The molecular formula is C39H61N5O13. The number of nitrogens with one attached hydrogen (secondary N) is 3. The van der Waals surface area contributed by atoms with Crippen molar-refractivity contribution in [2.75, 3.05) is 13.7 Å². The van der Waals surface area contributed by atoms with Crippen LogP contribution in [0.3, 0.4) is 0 Å². The van der Waals surface area contributed by atoms with Gasteiger partial charge in [-0.2, -0.15) is 0 Å². The first-order valence-corrected chi connectivity index (χ1v) is 20.4. The van der Waals surface area contributed by atoms with Crippen LogP contribution >= 0.6 is 0 Å². The molecule has 4 rings (SSSR count). The summed E-state index contributed by atoms with van der Waals surface area (Å²) in [5.74, 6) is -3.54. The maximum atomic E-state index is 13.2. The standard InChI is InChI=1S/C39H61N5O13/c1-3-4-5-6-7-8-9-10-11-12-13-14-15-19-28(47)55-33-30(53-2)31(56-37(33)44-22-20-27(46)43-39(44)52)32(34(40)49)57-38-29(48)25(45)23-26(54-38)36(51)42-24-18-16-17-21-41-35(24)50/h20,22-25,29-33,37-38,45,48H,3-19,21H2,1-2H3,(H2,40,49)(H,41,50)(H,42,51)(H,43,46,52)/t24-,25-,29-,30+,31-,32+,33+,37+,38+/m0/s1. The third-order valence-corrected chi connectivity index (χ3v) is 10.5. The third-order valence-electron chi connectivity index (χ3n) is 10.5. The van der Waals surface area contributed by atoms with Crippen molar-refractivity contribution < 1.29 is 53.1 Å². The van der Waals surface area contributed by atoms with Crippen molar-refractivity contribution >= 4 is 23.7 Å². The number of nitrogens with two attached hydrogens (primary N) is 1. The second-order valence-electron chi connectivity index (χ2n) is 14.9. The molecule has 0 radical (unpaired) electrons. The first kappa shape index (κ1) is 45.6. The van der Waals surface area contributed by atoms with Crippen LogP contribution in [0.4, 0.5) is 0 Å². The largest absolute Gasteiger partial charge is 0.456 e. The van der Waals surface area contributed by atoms with Crippen LogP contribution in [0, 0.1) is 0 Å². The fraction of sp³-hybridized carbons (Fsp3) is 0.744. The molecule has 0 bridgehead atoms. The number of esters is 1. The summed E-state index contributed by atoms with van der Waals surface area (Å²) in [6.45, 7) is 2.68. The molecule has 1 aromatic rings. The second kappa shape index (κ2) is 23.3. The van der Waals surface area contributed by atoms with Gasteiger partial charge in [-0.05, 0) is 31.8 Å². The Bertz CT molecular complexity index is 1610. The lowest BCUT2D eigenvalue weighted by Crippen LogP contribution is -2.54. The lowest BCUT2D eigenvalue weighted by Gasteiger charge is -2.35. The van der Waals surface area contributed by atoms with Crippen molar-refractivity contribution in [3.8, 4) is 0 Å². The minimum Gasteiger partial charge on any atom is -0.456 e. The molecule has 0 aliphatic carbocycles. The first-order valence-electron chi connectivity index (χ1n) is 20.4. The Labute approximate surface area is 332 Å². The van der Waals surface area contributed by atoms with Gasteiger partial charge in [0.15, 0.2) is 24.2 Å². The van der Waals surface area contributed by atoms with Crippen molar-refractivity contribution in [1.29, 1.82) is 0 Å². The Balaban J connectivity index is 1.40. The predicted molar refractivity (Wildman–Crippen MR) is 204 cm³/mol. The van der Waals surface area contributed by atoms with Crippen LogP contribution in [0.5, 0.6) is 0 Å². The van der Waals surface area contributed by atoms with Gasteiger partial charge in [0.25, 0.3) is 11.5 Å². The predicted octanol–water partition coefficient (Wildman–Crippen LogP) is 1.46. The summed E-state index contributed by atoms with van der Waals surface area (Å²) >= 11 is 0. The molecule has 320 valence electrons. The topological polar surface area (TPSA) is 260 Å². The van der Waals surface area contributed by atoms with E-state index in [0.29, 0.717) is 25.8 Å². The van der Waals surface area contributed by atoms with Crippen LogP contribution in [0.15, 0.2) is 33.7 Å². The number of H-pyrrole nitrogens is 1. The number of nitrogens with zero attached hydrogens (tertiary/aromatic N) is 1. The number of ether oxygens (including phenoxy) is 5. The number of hydrogen-bond donors (Lipinski definition) is 6. The number of carbonyl (C=O) groups is 4. The van der Waals surface area contributed by atoms with Crippen LogP contribution in [0.25, 0.3) is 0 Å². The van der Waals surface area contributed by atoms with Gasteiger partial charge in [0.2, 0.25) is 18.1 Å². The van der Waals surface area contributed by atoms with E-state index in [1.807, 2.05) is 0 Å². The van der Waals surface area contributed by atoms with Crippen molar-refractivity contribution in [2.45, 2.75) is 171 Å². The highest BCUT2D eigenvalue weighted by molar-refractivity contribution is 5.95. The number of hydrogen-bond acceptors (Lipinski definition) is 13. The zero-order valence-corrected chi connectivity index (χ0v) is 33.1. The molecule has 0 saturated carbocycles. The zero-order chi connectivity index (χ0) is 41.3. The van der Waals surface area contributed by atoms with E-state index >= 15 is 0 Å². The van der Waals surface area contributed by atoms with E-state index in [-0.39, 0.29) is 12.3 Å². The van der Waals surface area contributed by atoms with Gasteiger partial charge >= 0.3 is 11.7 Å². The van der Waals surface area contributed by atoms with Crippen LogP contribution in [0.2, 0.25) is 0 Å². The molecule has 18 nitrogen and oxygen atoms in total. The van der Waals surface area contributed by atoms with Crippen LogP contribution in [-0.4, -0.2) is 106 Å². The van der Waals surface area contributed by atoms with E-state index in [4.69, 9.17) is 29.4 Å². The van der Waals surface area contributed by atoms with Gasteiger partial charge in [-0.3, -0.25) is 33.5 Å². The number of rotatable bonds is 23. The normalized spacial score (nSPS) is 26.7. The molecule has 2 fully saturated rings. The minimum absolute atomic E-state index is 0.0536. The fourth-order valence-electron chi connectivity index (χ4n) is 7.30. The average Bonchev–Trinajstić information content (AvgIpc) is 3.39. The number of aromatic amines is 1. The Morgan fingerprint density at radius 1 is 0.965 bits per heavy atom. The Morgan fingerprint density at radius 3 is 2.23 bits per heavy atom. The highest BCUT2D eigenvalue weighted by Crippen LogP contribution is 2.36. The summed E-state index contributed by atoms with van der Waals surface area (Å²) in [6.07, 6.45) is 5.65. The van der Waals surface area contributed by atoms with Crippen LogP contribution < -0.4 is 27.6 Å². The van der Waals surface area contributed by atoms with E-state index in [9.17, 15) is 39.0 Å². The second-order valence-corrected chi connectivity index (χ2v) is 14.9. The molecule has 2 saturated heterocycles. The SMILES string of the molecule is CCCCCCCCCCCCCCCC(=O)O[C@@H]1[C@H](OC)[C@@H]([C@@H](O[C@H]2OC(C(=O)N[C@H]3CCCCNC3=O)=C[C@H](O)[C@@H]2O)C(N)=O)O[C@H]1n1ccc(=O)[nH]c1=O. The molecule has 1 aromatic heterocycles. The Hall–Kier alpha value is -4.10. The van der Waals surface area contributed by atoms with Crippen LogP contribution in [0.1, 0.15) is 122 Å². The maximum absolute atomic E-state index is 13.2. The molecule has 9 atom stereocenters. The maximum Gasteiger partial charge on any atom is 0.330 e. The fourth-order valence-corrected chi connectivity index (χ4v) is 7.30. The highest BCUT2D eigenvalue weighted by atomic mass is 16.7. The monoisotopic (exact) mass is 807 g/mol. The van der Waals surface area contributed by atoms with Crippen molar-refractivity contribution in [1.82, 2.24) is 20.2 Å². The van der Waals surface area contributed by atoms with Gasteiger partial charge in [-0.15, -0.1) is 0 Å². The van der Waals surface area contributed by atoms with Crippen molar-refractivity contribution in [3.05, 3.63) is 44.9 Å². The lowest BCUT2D eigenvalue weighted by molar-refractivity contribution is -0.241. The summed E-state index contributed by atoms with van der Waals surface area (Å²) < 4.78 is 30.0. The first-order chi connectivity index (χ1) is 27.4. The number of primary amides is 1. The molecule has 0 aromatic carbocycles. The van der Waals surface area contributed by atoms with E-state index in [1.54, 1.807) is 0 Å². The molecule has 3 aliphatic heterocycles. The number of amides is 3. The molecule has 18 heteroatoms. The highest BCUT2D eigenvalue weighted by Gasteiger charge is 2.54. The lowest BCUT2D eigenvalue weighted by atomic mass is 10.0. The van der Waals surface area contributed by atoms with Gasteiger partial charge in [0, 0.05) is 32.3 Å².